The molecule has 0 unspecified atom stereocenters. The fraction of sp³-hybridized carbons (Fsp3) is 0.375. The Morgan fingerprint density at radius 3 is 2.33 bits per heavy atom. The number of aryl methyl sites for hydroxylation is 2. The summed E-state index contributed by atoms with van der Waals surface area (Å²) in [6.07, 6.45) is 0. The van der Waals surface area contributed by atoms with Gasteiger partial charge < -0.3 is 9.84 Å². The van der Waals surface area contributed by atoms with Crippen molar-refractivity contribution >= 4 is 17.3 Å². The van der Waals surface area contributed by atoms with Gasteiger partial charge in [-0.1, -0.05) is 0 Å². The van der Waals surface area contributed by atoms with Crippen LogP contribution in [0.3, 0.4) is 0 Å². The van der Waals surface area contributed by atoms with Crippen molar-refractivity contribution in [1.82, 2.24) is 0 Å². The fourth-order valence-corrected chi connectivity index (χ4v) is 2.18. The highest BCUT2D eigenvalue weighted by atomic mass is 32.1. The first kappa shape index (κ1) is 9.06. The summed E-state index contributed by atoms with van der Waals surface area (Å²) in [6, 6.07) is 0. The van der Waals surface area contributed by atoms with Crippen LogP contribution in [-0.4, -0.2) is 18.2 Å². The summed E-state index contributed by atoms with van der Waals surface area (Å²) in [5.74, 6) is -0.432. The number of carboxylic acids is 1. The lowest BCUT2D eigenvalue weighted by atomic mass is 10.2. The van der Waals surface area contributed by atoms with Gasteiger partial charge in [0, 0.05) is 9.75 Å². The Balaban J connectivity index is 3.32. The van der Waals surface area contributed by atoms with Gasteiger partial charge in [0.1, 0.15) is 11.3 Å². The second-order valence-electron chi connectivity index (χ2n) is 2.43. The minimum atomic E-state index is -0.922. The number of ether oxygens (including phenoxy) is 1. The van der Waals surface area contributed by atoms with Gasteiger partial charge >= 0.3 is 5.97 Å². The molecule has 0 saturated heterocycles. The van der Waals surface area contributed by atoms with Crippen LogP contribution in [0.15, 0.2) is 0 Å². The first-order valence-corrected chi connectivity index (χ1v) is 4.26. The molecule has 0 aliphatic carbocycles. The third-order valence-electron chi connectivity index (χ3n) is 1.62. The number of aromatic carboxylic acids is 1. The maximum absolute atomic E-state index is 10.7. The Morgan fingerprint density at radius 2 is 2.00 bits per heavy atom. The molecule has 3 nitrogen and oxygen atoms in total. The van der Waals surface area contributed by atoms with E-state index in [1.54, 1.807) is 6.92 Å². The third kappa shape index (κ3) is 1.30. The van der Waals surface area contributed by atoms with Crippen molar-refractivity contribution in [2.24, 2.45) is 0 Å². The average Bonchev–Trinajstić information content (AvgIpc) is 2.24. The summed E-state index contributed by atoms with van der Waals surface area (Å²) in [5, 5.41) is 8.82. The quantitative estimate of drug-likeness (QED) is 0.769. The zero-order valence-corrected chi connectivity index (χ0v) is 7.99. The molecule has 0 aromatic carbocycles. The Bertz CT molecular complexity index is 314. The lowest BCUT2D eigenvalue weighted by molar-refractivity contribution is 0.0693. The molecular weight excluding hydrogens is 176 g/mol. The molecule has 0 aliphatic heterocycles. The summed E-state index contributed by atoms with van der Waals surface area (Å²) in [5.41, 5.74) is 0.292. The summed E-state index contributed by atoms with van der Waals surface area (Å²) in [7, 11) is 1.49. The van der Waals surface area contributed by atoms with E-state index in [1.807, 2.05) is 6.92 Å². The molecular formula is C8H10O3S. The van der Waals surface area contributed by atoms with Crippen molar-refractivity contribution in [3.63, 3.8) is 0 Å². The number of rotatable bonds is 2. The molecule has 1 heterocycles. The van der Waals surface area contributed by atoms with Crippen LogP contribution in [0.5, 0.6) is 5.75 Å². The molecule has 1 aromatic rings. The van der Waals surface area contributed by atoms with Gasteiger partial charge in [0.2, 0.25) is 0 Å². The van der Waals surface area contributed by atoms with Crippen LogP contribution in [0.25, 0.3) is 0 Å². The minimum Gasteiger partial charge on any atom is -0.495 e. The second kappa shape index (κ2) is 3.15. The zero-order valence-electron chi connectivity index (χ0n) is 7.17. The SMILES string of the molecule is COc1c(C)sc(C)c1C(=O)O. The van der Waals surface area contributed by atoms with Gasteiger partial charge in [-0.25, -0.2) is 4.79 Å². The molecule has 1 N–H and O–H groups in total. The molecule has 0 fully saturated rings. The molecule has 12 heavy (non-hydrogen) atoms. The van der Waals surface area contributed by atoms with Gasteiger partial charge in [0.15, 0.2) is 0 Å². The van der Waals surface area contributed by atoms with Crippen molar-refractivity contribution in [2.45, 2.75) is 13.8 Å². The highest BCUT2D eigenvalue weighted by Gasteiger charge is 2.19. The predicted octanol–water partition coefficient (Wildman–Crippen LogP) is 2.07. The largest absolute Gasteiger partial charge is 0.495 e. The van der Waals surface area contributed by atoms with Crippen LogP contribution < -0.4 is 4.74 Å². The molecule has 4 heteroatoms. The van der Waals surface area contributed by atoms with Crippen LogP contribution in [-0.2, 0) is 0 Å². The Kier molecular flexibility index (Phi) is 2.38. The van der Waals surface area contributed by atoms with Crippen molar-refractivity contribution in [2.75, 3.05) is 7.11 Å². The number of carboxylic acid groups (broad SMARTS) is 1. The molecule has 1 rings (SSSR count). The summed E-state index contributed by atoms with van der Waals surface area (Å²) < 4.78 is 4.99. The number of carbonyl (C=O) groups is 1. The Hall–Kier alpha value is -1.03. The molecule has 0 amide bonds. The number of hydrogen-bond donors (Lipinski definition) is 1. The van der Waals surface area contributed by atoms with Gasteiger partial charge in [-0.05, 0) is 13.8 Å². The molecule has 0 bridgehead atoms. The van der Waals surface area contributed by atoms with Crippen molar-refractivity contribution in [3.8, 4) is 5.75 Å². The van der Waals surface area contributed by atoms with E-state index in [-0.39, 0.29) is 0 Å². The van der Waals surface area contributed by atoms with E-state index in [4.69, 9.17) is 9.84 Å². The third-order valence-corrected chi connectivity index (χ3v) is 2.62. The average molecular weight is 186 g/mol. The molecule has 0 saturated carbocycles. The molecule has 0 radical (unpaired) electrons. The topological polar surface area (TPSA) is 46.5 Å². The Labute approximate surface area is 74.6 Å². The number of hydrogen-bond acceptors (Lipinski definition) is 3. The highest BCUT2D eigenvalue weighted by molar-refractivity contribution is 7.12. The summed E-state index contributed by atoms with van der Waals surface area (Å²) in [4.78, 5) is 12.4. The van der Waals surface area contributed by atoms with E-state index in [2.05, 4.69) is 0 Å². The molecule has 0 spiro atoms. The monoisotopic (exact) mass is 186 g/mol. The summed E-state index contributed by atoms with van der Waals surface area (Å²) >= 11 is 1.44. The summed E-state index contributed by atoms with van der Waals surface area (Å²) in [6.45, 7) is 3.63. The fourth-order valence-electron chi connectivity index (χ4n) is 1.16. The highest BCUT2D eigenvalue weighted by Crippen LogP contribution is 2.33. The van der Waals surface area contributed by atoms with Crippen LogP contribution in [0.1, 0.15) is 20.1 Å². The van der Waals surface area contributed by atoms with E-state index in [0.29, 0.717) is 11.3 Å². The van der Waals surface area contributed by atoms with E-state index in [0.717, 1.165) is 9.75 Å². The van der Waals surface area contributed by atoms with Crippen LogP contribution in [0.2, 0.25) is 0 Å². The van der Waals surface area contributed by atoms with Gasteiger partial charge in [-0.15, -0.1) is 11.3 Å². The van der Waals surface area contributed by atoms with Crippen molar-refractivity contribution in [3.05, 3.63) is 15.3 Å². The van der Waals surface area contributed by atoms with Crippen LogP contribution in [0, 0.1) is 13.8 Å². The maximum atomic E-state index is 10.7. The second-order valence-corrected chi connectivity index (χ2v) is 3.86. The van der Waals surface area contributed by atoms with E-state index in [1.165, 1.54) is 18.4 Å². The van der Waals surface area contributed by atoms with Crippen molar-refractivity contribution < 1.29 is 14.6 Å². The first-order valence-electron chi connectivity index (χ1n) is 3.45. The predicted molar refractivity (Wildman–Crippen MR) is 47.3 cm³/mol. The molecule has 0 atom stereocenters. The normalized spacial score (nSPS) is 9.92. The Morgan fingerprint density at radius 1 is 1.42 bits per heavy atom. The standard InChI is InChI=1S/C8H10O3S/c1-4-6(8(9)10)7(11-3)5(2)12-4/h1-3H3,(H,9,10). The van der Waals surface area contributed by atoms with Crippen LogP contribution >= 0.6 is 11.3 Å². The van der Waals surface area contributed by atoms with E-state index >= 15 is 0 Å². The van der Waals surface area contributed by atoms with Crippen molar-refractivity contribution in [1.29, 1.82) is 0 Å². The smallest absolute Gasteiger partial charge is 0.340 e. The first-order chi connectivity index (χ1) is 5.57. The van der Waals surface area contributed by atoms with Gasteiger partial charge in [0.05, 0.1) is 7.11 Å². The molecule has 66 valence electrons. The van der Waals surface area contributed by atoms with Gasteiger partial charge in [-0.2, -0.15) is 0 Å². The lowest BCUT2D eigenvalue weighted by Gasteiger charge is -1.99. The number of methoxy groups -OCH3 is 1. The number of thiophene rings is 1. The molecule has 0 aliphatic rings. The zero-order chi connectivity index (χ0) is 9.30. The minimum absolute atomic E-state index is 0.292. The molecule has 1 aromatic heterocycles. The van der Waals surface area contributed by atoms with Crippen LogP contribution in [0.4, 0.5) is 0 Å². The van der Waals surface area contributed by atoms with Gasteiger partial charge in [-0.3, -0.25) is 0 Å². The lowest BCUT2D eigenvalue weighted by Crippen LogP contribution is -1.99. The van der Waals surface area contributed by atoms with E-state index in [9.17, 15) is 4.79 Å². The van der Waals surface area contributed by atoms with Gasteiger partial charge in [0.25, 0.3) is 0 Å². The maximum Gasteiger partial charge on any atom is 0.340 e. The van der Waals surface area contributed by atoms with E-state index < -0.39 is 5.97 Å².